The molecule has 19 heavy (non-hydrogen) atoms. The summed E-state index contributed by atoms with van der Waals surface area (Å²) >= 11 is 0. The first-order valence-electron chi connectivity index (χ1n) is 8.44. The molecule has 1 saturated carbocycles. The smallest absolute Gasteiger partial charge is 0.0252 e. The number of nitrogens with zero attached hydrogens (tertiary/aromatic N) is 2. The zero-order valence-electron chi connectivity index (χ0n) is 13.2. The molecule has 0 spiro atoms. The van der Waals surface area contributed by atoms with Crippen molar-refractivity contribution in [1.82, 2.24) is 15.1 Å². The number of piperazine rings is 1. The summed E-state index contributed by atoms with van der Waals surface area (Å²) in [4.78, 5) is 5.40. The second-order valence-corrected chi connectivity index (χ2v) is 6.53. The monoisotopic (exact) mass is 267 g/mol. The van der Waals surface area contributed by atoms with Crippen LogP contribution in [0, 0.1) is 5.92 Å². The zero-order valence-corrected chi connectivity index (χ0v) is 13.2. The first kappa shape index (κ1) is 15.3. The van der Waals surface area contributed by atoms with E-state index in [1.807, 2.05) is 0 Å². The second-order valence-electron chi connectivity index (χ2n) is 6.53. The van der Waals surface area contributed by atoms with Crippen molar-refractivity contribution in [2.75, 3.05) is 39.3 Å². The largest absolute Gasteiger partial charge is 0.313 e. The predicted molar refractivity (Wildman–Crippen MR) is 82.6 cm³/mol. The van der Waals surface area contributed by atoms with Crippen LogP contribution in [0.3, 0.4) is 0 Å². The summed E-state index contributed by atoms with van der Waals surface area (Å²) in [6.45, 7) is 14.5. The van der Waals surface area contributed by atoms with E-state index in [2.05, 4.69) is 35.9 Å². The van der Waals surface area contributed by atoms with E-state index in [-0.39, 0.29) is 0 Å². The third-order valence-electron chi connectivity index (χ3n) is 4.96. The van der Waals surface area contributed by atoms with Gasteiger partial charge in [0.15, 0.2) is 0 Å². The van der Waals surface area contributed by atoms with Gasteiger partial charge in [0.1, 0.15) is 0 Å². The highest BCUT2D eigenvalue weighted by atomic mass is 15.3. The van der Waals surface area contributed by atoms with Crippen LogP contribution in [0.5, 0.6) is 0 Å². The Bertz CT molecular complexity index is 248. The average molecular weight is 267 g/mol. The van der Waals surface area contributed by atoms with E-state index in [0.717, 1.165) is 24.5 Å². The van der Waals surface area contributed by atoms with Gasteiger partial charge in [0.2, 0.25) is 0 Å². The van der Waals surface area contributed by atoms with Crippen molar-refractivity contribution < 1.29 is 0 Å². The summed E-state index contributed by atoms with van der Waals surface area (Å²) < 4.78 is 0. The molecule has 0 amide bonds. The lowest BCUT2D eigenvalue weighted by molar-refractivity contribution is 0.0506. The molecule has 0 aromatic rings. The van der Waals surface area contributed by atoms with Crippen LogP contribution in [0.2, 0.25) is 0 Å². The van der Waals surface area contributed by atoms with Gasteiger partial charge >= 0.3 is 0 Å². The molecule has 2 aliphatic rings. The normalized spacial score (nSPS) is 34.6. The third-order valence-corrected chi connectivity index (χ3v) is 4.96. The molecule has 0 aromatic heterocycles. The third kappa shape index (κ3) is 4.17. The summed E-state index contributed by atoms with van der Waals surface area (Å²) in [5, 5.41) is 3.73. The quantitative estimate of drug-likeness (QED) is 0.824. The molecule has 0 aromatic carbocycles. The van der Waals surface area contributed by atoms with Gasteiger partial charge in [-0.1, -0.05) is 20.8 Å². The van der Waals surface area contributed by atoms with Crippen LogP contribution in [-0.2, 0) is 0 Å². The van der Waals surface area contributed by atoms with Crippen LogP contribution < -0.4 is 5.32 Å². The van der Waals surface area contributed by atoms with Gasteiger partial charge in [0, 0.05) is 38.3 Å². The van der Waals surface area contributed by atoms with Crippen molar-refractivity contribution in [3.8, 4) is 0 Å². The molecule has 3 heteroatoms. The molecule has 3 atom stereocenters. The highest BCUT2D eigenvalue weighted by molar-refractivity contribution is 4.91. The molecule has 3 nitrogen and oxygen atoms in total. The standard InChI is InChI=1S/C16H33N3/c1-4-8-18-9-11-19(12-10-18)16-13-14(3)6-7-15(16)17-5-2/h14-17H,4-13H2,1-3H3. The fourth-order valence-electron chi connectivity index (χ4n) is 3.89. The minimum Gasteiger partial charge on any atom is -0.313 e. The highest BCUT2D eigenvalue weighted by Gasteiger charge is 2.33. The predicted octanol–water partition coefficient (Wildman–Crippen LogP) is 2.18. The summed E-state index contributed by atoms with van der Waals surface area (Å²) in [6, 6.07) is 1.52. The van der Waals surface area contributed by atoms with Gasteiger partial charge in [0.25, 0.3) is 0 Å². The van der Waals surface area contributed by atoms with E-state index in [0.29, 0.717) is 0 Å². The van der Waals surface area contributed by atoms with Gasteiger partial charge in [-0.2, -0.15) is 0 Å². The molecule has 0 bridgehead atoms. The maximum absolute atomic E-state index is 3.73. The lowest BCUT2D eigenvalue weighted by atomic mass is 9.82. The Morgan fingerprint density at radius 3 is 2.42 bits per heavy atom. The number of hydrogen-bond donors (Lipinski definition) is 1. The van der Waals surface area contributed by atoms with Crippen LogP contribution in [0.25, 0.3) is 0 Å². The van der Waals surface area contributed by atoms with E-state index in [9.17, 15) is 0 Å². The number of hydrogen-bond acceptors (Lipinski definition) is 3. The SMILES string of the molecule is CCCN1CCN(C2CC(C)CCC2NCC)CC1. The maximum atomic E-state index is 3.73. The van der Waals surface area contributed by atoms with Crippen LogP contribution in [0.15, 0.2) is 0 Å². The second kappa shape index (κ2) is 7.61. The van der Waals surface area contributed by atoms with Crippen molar-refractivity contribution in [2.45, 2.75) is 58.5 Å². The Hall–Kier alpha value is -0.120. The van der Waals surface area contributed by atoms with Crippen molar-refractivity contribution in [2.24, 2.45) is 5.92 Å². The highest BCUT2D eigenvalue weighted by Crippen LogP contribution is 2.28. The Morgan fingerprint density at radius 2 is 1.79 bits per heavy atom. The van der Waals surface area contributed by atoms with Crippen LogP contribution in [-0.4, -0.2) is 61.2 Å². The first-order chi connectivity index (χ1) is 9.24. The summed E-state index contributed by atoms with van der Waals surface area (Å²) in [7, 11) is 0. The molecule has 1 N–H and O–H groups in total. The number of rotatable bonds is 5. The van der Waals surface area contributed by atoms with E-state index < -0.39 is 0 Å². The molecule has 2 fully saturated rings. The van der Waals surface area contributed by atoms with E-state index in [1.165, 1.54) is 58.4 Å². The fourth-order valence-corrected chi connectivity index (χ4v) is 3.89. The van der Waals surface area contributed by atoms with Gasteiger partial charge < -0.3 is 10.2 Å². The van der Waals surface area contributed by atoms with Gasteiger partial charge in [-0.15, -0.1) is 0 Å². The van der Waals surface area contributed by atoms with E-state index >= 15 is 0 Å². The molecule has 112 valence electrons. The summed E-state index contributed by atoms with van der Waals surface area (Å²) in [6.07, 6.45) is 5.46. The molecular weight excluding hydrogens is 234 g/mol. The molecule has 0 radical (unpaired) electrons. The van der Waals surface area contributed by atoms with Gasteiger partial charge in [-0.05, 0) is 44.7 Å². The van der Waals surface area contributed by atoms with Crippen molar-refractivity contribution >= 4 is 0 Å². The van der Waals surface area contributed by atoms with Crippen LogP contribution >= 0.6 is 0 Å². The van der Waals surface area contributed by atoms with Gasteiger partial charge in [-0.25, -0.2) is 0 Å². The van der Waals surface area contributed by atoms with Gasteiger partial charge in [-0.3, -0.25) is 4.90 Å². The number of likely N-dealkylation sites (N-methyl/N-ethyl adjacent to an activating group) is 1. The summed E-state index contributed by atoms with van der Waals surface area (Å²) in [5.74, 6) is 0.911. The number of nitrogens with one attached hydrogen (secondary N) is 1. The van der Waals surface area contributed by atoms with Crippen LogP contribution in [0.1, 0.15) is 46.5 Å². The Morgan fingerprint density at radius 1 is 1.05 bits per heavy atom. The molecule has 3 unspecified atom stereocenters. The topological polar surface area (TPSA) is 18.5 Å². The molecule has 1 aliphatic heterocycles. The van der Waals surface area contributed by atoms with Crippen molar-refractivity contribution in [3.05, 3.63) is 0 Å². The lowest BCUT2D eigenvalue weighted by Gasteiger charge is -2.46. The Kier molecular flexibility index (Phi) is 6.11. The minimum absolute atomic E-state index is 0.735. The van der Waals surface area contributed by atoms with Gasteiger partial charge in [0.05, 0.1) is 0 Å². The minimum atomic E-state index is 0.735. The molecule has 1 saturated heterocycles. The van der Waals surface area contributed by atoms with Crippen LogP contribution in [0.4, 0.5) is 0 Å². The van der Waals surface area contributed by atoms with Crippen molar-refractivity contribution in [1.29, 1.82) is 0 Å². The average Bonchev–Trinajstić information content (AvgIpc) is 2.42. The van der Waals surface area contributed by atoms with E-state index in [1.54, 1.807) is 0 Å². The fraction of sp³-hybridized carbons (Fsp3) is 1.00. The van der Waals surface area contributed by atoms with Crippen molar-refractivity contribution in [3.63, 3.8) is 0 Å². The molecule has 1 heterocycles. The molecule has 1 aliphatic carbocycles. The Balaban J connectivity index is 1.87. The first-order valence-corrected chi connectivity index (χ1v) is 8.44. The lowest BCUT2D eigenvalue weighted by Crippen LogP contribution is -2.58. The zero-order chi connectivity index (χ0) is 13.7. The maximum Gasteiger partial charge on any atom is 0.0252 e. The Labute approximate surface area is 119 Å². The molecule has 2 rings (SSSR count). The summed E-state index contributed by atoms with van der Waals surface area (Å²) in [5.41, 5.74) is 0. The molecular formula is C16H33N3. The van der Waals surface area contributed by atoms with E-state index in [4.69, 9.17) is 0 Å².